The number of fused-ring (bicyclic) bond motifs is 2. The molecule has 4 aromatic rings. The lowest BCUT2D eigenvalue weighted by atomic mass is 9.94. The Morgan fingerprint density at radius 2 is 1.90 bits per heavy atom. The molecule has 1 fully saturated rings. The first-order valence-electron chi connectivity index (χ1n) is 14.2. The first kappa shape index (κ1) is 27.8. The van der Waals surface area contributed by atoms with Crippen molar-refractivity contribution >= 4 is 44.1 Å². The van der Waals surface area contributed by atoms with Crippen molar-refractivity contribution in [3.63, 3.8) is 0 Å². The number of Topliss-reactive ketones (excluding diaryl/α,β-unsaturated/α-hetero) is 1. The molecule has 0 bridgehead atoms. The van der Waals surface area contributed by atoms with Crippen molar-refractivity contribution in [1.82, 2.24) is 4.98 Å². The van der Waals surface area contributed by atoms with Gasteiger partial charge in [-0.05, 0) is 79.9 Å². The number of unbranched alkanes of at least 4 members (excludes halogenated alkanes) is 1. The second-order valence-electron chi connectivity index (χ2n) is 10.5. The number of anilines is 1. The Balaban J connectivity index is 1.48. The van der Waals surface area contributed by atoms with Crippen molar-refractivity contribution in [3.05, 3.63) is 82.9 Å². The molecule has 3 heterocycles. The van der Waals surface area contributed by atoms with Gasteiger partial charge >= 0.3 is 5.91 Å². The molecular formula is C33H32N2O6S. The van der Waals surface area contributed by atoms with Crippen LogP contribution in [-0.4, -0.2) is 41.1 Å². The average molecular weight is 585 g/mol. The molecule has 6 rings (SSSR count). The van der Waals surface area contributed by atoms with Crippen LogP contribution in [0.5, 0.6) is 17.2 Å². The van der Waals surface area contributed by atoms with Gasteiger partial charge in [0, 0.05) is 12.0 Å². The Bertz CT molecular complexity index is 1710. The molecule has 2 atom stereocenters. The molecule has 216 valence electrons. The van der Waals surface area contributed by atoms with E-state index in [-0.39, 0.29) is 17.4 Å². The number of aromatic nitrogens is 1. The topological polar surface area (TPSA) is 98.2 Å². The summed E-state index contributed by atoms with van der Waals surface area (Å²) in [5, 5.41) is 12.0. The van der Waals surface area contributed by atoms with Crippen LogP contribution in [-0.2, 0) is 16.0 Å². The fraction of sp³-hybridized carbons (Fsp3) is 0.303. The third-order valence-corrected chi connectivity index (χ3v) is 8.44. The smallest absolute Gasteiger partial charge is 0.301 e. The number of thiazole rings is 1. The highest BCUT2D eigenvalue weighted by atomic mass is 32.1. The molecule has 1 aromatic heterocycles. The lowest BCUT2D eigenvalue weighted by Gasteiger charge is -2.23. The third-order valence-electron chi connectivity index (χ3n) is 7.42. The molecule has 0 unspecified atom stereocenters. The van der Waals surface area contributed by atoms with Crippen LogP contribution in [0.25, 0.3) is 16.0 Å². The molecule has 8 nitrogen and oxygen atoms in total. The number of aliphatic hydroxyl groups is 1. The summed E-state index contributed by atoms with van der Waals surface area (Å²) >= 11 is 1.30. The Hall–Kier alpha value is -4.37. The fourth-order valence-corrected chi connectivity index (χ4v) is 6.45. The average Bonchev–Trinajstić information content (AvgIpc) is 3.65. The molecule has 2 aliphatic rings. The summed E-state index contributed by atoms with van der Waals surface area (Å²) in [6.07, 6.45) is 2.62. The van der Waals surface area contributed by atoms with Gasteiger partial charge in [0.25, 0.3) is 5.78 Å². The van der Waals surface area contributed by atoms with Gasteiger partial charge < -0.3 is 19.3 Å². The van der Waals surface area contributed by atoms with Crippen LogP contribution in [0.2, 0.25) is 0 Å². The van der Waals surface area contributed by atoms with Crippen molar-refractivity contribution < 1.29 is 28.9 Å². The largest absolute Gasteiger partial charge is 0.507 e. The predicted octanol–water partition coefficient (Wildman–Crippen LogP) is 6.82. The van der Waals surface area contributed by atoms with E-state index in [1.54, 1.807) is 12.1 Å². The lowest BCUT2D eigenvalue weighted by Crippen LogP contribution is -2.29. The minimum absolute atomic E-state index is 0.00637. The van der Waals surface area contributed by atoms with E-state index in [9.17, 15) is 14.7 Å². The molecular weight excluding hydrogens is 552 g/mol. The maximum Gasteiger partial charge on any atom is 0.301 e. The number of carbonyl (C=O) groups excluding carboxylic acids is 2. The zero-order valence-electron chi connectivity index (χ0n) is 23.8. The van der Waals surface area contributed by atoms with Crippen LogP contribution < -0.4 is 19.1 Å². The van der Waals surface area contributed by atoms with Gasteiger partial charge in [-0.25, -0.2) is 4.98 Å². The summed E-state index contributed by atoms with van der Waals surface area (Å²) in [4.78, 5) is 33.6. The second-order valence-corrected chi connectivity index (χ2v) is 11.5. The van der Waals surface area contributed by atoms with Crippen LogP contribution in [0.4, 0.5) is 5.13 Å². The molecule has 1 N–H and O–H groups in total. The number of benzene rings is 3. The predicted molar refractivity (Wildman–Crippen MR) is 163 cm³/mol. The van der Waals surface area contributed by atoms with E-state index in [1.165, 1.54) is 16.2 Å². The normalized spacial score (nSPS) is 19.3. The van der Waals surface area contributed by atoms with Gasteiger partial charge in [0.2, 0.25) is 0 Å². The molecule has 0 aliphatic carbocycles. The van der Waals surface area contributed by atoms with Crippen LogP contribution in [0.15, 0.2) is 66.2 Å². The second kappa shape index (κ2) is 11.5. The van der Waals surface area contributed by atoms with Gasteiger partial charge in [-0.1, -0.05) is 36.8 Å². The number of ether oxygens (including phenoxy) is 3. The van der Waals surface area contributed by atoms with Gasteiger partial charge in [0.05, 0.1) is 35.0 Å². The number of hydrogen-bond acceptors (Lipinski definition) is 8. The van der Waals surface area contributed by atoms with Gasteiger partial charge in [-0.3, -0.25) is 14.5 Å². The van der Waals surface area contributed by atoms with E-state index in [0.717, 1.165) is 28.9 Å². The van der Waals surface area contributed by atoms with Crippen molar-refractivity contribution in [3.8, 4) is 17.2 Å². The molecule has 1 saturated heterocycles. The molecule has 0 radical (unpaired) electrons. The van der Waals surface area contributed by atoms with E-state index < -0.39 is 17.7 Å². The maximum atomic E-state index is 13.7. The highest BCUT2D eigenvalue weighted by molar-refractivity contribution is 7.22. The number of carbonyl (C=O) groups is 2. The zero-order chi connectivity index (χ0) is 29.4. The summed E-state index contributed by atoms with van der Waals surface area (Å²) in [5.74, 6) is 0.330. The summed E-state index contributed by atoms with van der Waals surface area (Å²) in [6.45, 7) is 7.06. The highest BCUT2D eigenvalue weighted by Crippen LogP contribution is 2.45. The van der Waals surface area contributed by atoms with Crippen molar-refractivity contribution in [2.75, 3.05) is 18.1 Å². The summed E-state index contributed by atoms with van der Waals surface area (Å²) in [5.41, 5.74) is 2.72. The number of nitrogens with zero attached hydrogens (tertiary/aromatic N) is 2. The first-order valence-corrected chi connectivity index (χ1v) is 15.1. The van der Waals surface area contributed by atoms with Gasteiger partial charge in [0.15, 0.2) is 5.13 Å². The van der Waals surface area contributed by atoms with Crippen LogP contribution in [0.3, 0.4) is 0 Å². The molecule has 42 heavy (non-hydrogen) atoms. The van der Waals surface area contributed by atoms with E-state index in [2.05, 4.69) is 6.92 Å². The highest BCUT2D eigenvalue weighted by Gasteiger charge is 2.48. The Labute approximate surface area is 248 Å². The Kier molecular flexibility index (Phi) is 7.60. The molecule has 9 heteroatoms. The fourth-order valence-electron chi connectivity index (χ4n) is 5.43. The number of rotatable bonds is 9. The molecule has 1 amide bonds. The van der Waals surface area contributed by atoms with E-state index in [1.807, 2.05) is 62.4 Å². The lowest BCUT2D eigenvalue weighted by molar-refractivity contribution is -0.132. The first-order chi connectivity index (χ1) is 20.4. The number of aliphatic hydroxyl groups excluding tert-OH is 1. The zero-order valence-corrected chi connectivity index (χ0v) is 24.6. The van der Waals surface area contributed by atoms with Crippen molar-refractivity contribution in [1.29, 1.82) is 0 Å². The minimum atomic E-state index is -0.907. The third kappa shape index (κ3) is 5.09. The van der Waals surface area contributed by atoms with Crippen molar-refractivity contribution in [2.24, 2.45) is 0 Å². The molecule has 2 aliphatic heterocycles. The van der Waals surface area contributed by atoms with Crippen LogP contribution in [0, 0.1) is 0 Å². The van der Waals surface area contributed by atoms with Crippen molar-refractivity contribution in [2.45, 2.75) is 52.2 Å². The number of hydrogen-bond donors (Lipinski definition) is 1. The summed E-state index contributed by atoms with van der Waals surface area (Å²) < 4.78 is 18.2. The Morgan fingerprint density at radius 1 is 1.07 bits per heavy atom. The molecule has 0 saturated carbocycles. The number of ketones is 1. The van der Waals surface area contributed by atoms with Crippen LogP contribution in [0.1, 0.15) is 56.3 Å². The van der Waals surface area contributed by atoms with E-state index >= 15 is 0 Å². The van der Waals surface area contributed by atoms with Gasteiger partial charge in [-0.2, -0.15) is 0 Å². The molecule has 0 spiro atoms. The van der Waals surface area contributed by atoms with E-state index in [4.69, 9.17) is 19.2 Å². The van der Waals surface area contributed by atoms with E-state index in [0.29, 0.717) is 52.9 Å². The van der Waals surface area contributed by atoms with Gasteiger partial charge in [0.1, 0.15) is 29.1 Å². The van der Waals surface area contributed by atoms with Crippen LogP contribution >= 0.6 is 11.3 Å². The SMILES string of the molecule is CCCCOc1cccc([C@H]2/C(=C(\O)c3ccc4c(c3)C[C@@H](C)O4)C(=O)C(=O)N2c2nc3ccc(OCC)cc3s2)c1. The number of amides is 1. The standard InChI is InChI=1S/C33H32N2O6S/c1-4-6-14-40-23-9-7-8-20(17-23)29-28(30(36)21-10-13-26-22(16-21)15-19(3)41-26)31(37)32(38)35(29)33-34-25-12-11-24(39-5-2)18-27(25)42-33/h7-13,16-19,29,36H,4-6,14-15H2,1-3H3/b30-28+/t19-,29+/m1/s1. The monoisotopic (exact) mass is 584 g/mol. The quantitative estimate of drug-likeness (QED) is 0.0997. The minimum Gasteiger partial charge on any atom is -0.507 e. The summed E-state index contributed by atoms with van der Waals surface area (Å²) in [6, 6.07) is 17.3. The van der Waals surface area contributed by atoms with Gasteiger partial charge in [-0.15, -0.1) is 0 Å². The Morgan fingerprint density at radius 3 is 2.71 bits per heavy atom. The molecule has 3 aromatic carbocycles. The summed E-state index contributed by atoms with van der Waals surface area (Å²) in [7, 11) is 0. The maximum absolute atomic E-state index is 13.7.